The lowest BCUT2D eigenvalue weighted by molar-refractivity contribution is 0.0997. The third-order valence-electron chi connectivity index (χ3n) is 2.48. The Balaban J connectivity index is 1.98. The summed E-state index contributed by atoms with van der Waals surface area (Å²) in [5.41, 5.74) is 1.24. The molecule has 2 heterocycles. The van der Waals surface area contributed by atoms with E-state index in [1.165, 1.54) is 18.2 Å². The smallest absolute Gasteiger partial charge is 0.291 e. The number of nitrogens with one attached hydrogen (secondary N) is 1. The van der Waals surface area contributed by atoms with Gasteiger partial charge in [0.2, 0.25) is 0 Å². The summed E-state index contributed by atoms with van der Waals surface area (Å²) >= 11 is 18.7. The number of hydrogen-bond acceptors (Lipinski definition) is 4. The molecule has 0 spiro atoms. The molecule has 1 aliphatic heterocycles. The number of nitrogens with zero attached hydrogens (tertiary/aromatic N) is 2. The van der Waals surface area contributed by atoms with Gasteiger partial charge in [-0.05, 0) is 29.8 Å². The van der Waals surface area contributed by atoms with Crippen molar-refractivity contribution in [2.75, 3.05) is 5.32 Å². The minimum atomic E-state index is -0.490. The Labute approximate surface area is 131 Å². The highest BCUT2D eigenvalue weighted by Gasteiger charge is 2.21. The highest BCUT2D eigenvalue weighted by molar-refractivity contribution is 7.58. The van der Waals surface area contributed by atoms with Crippen LogP contribution in [0.3, 0.4) is 0 Å². The summed E-state index contributed by atoms with van der Waals surface area (Å²) in [6.45, 7) is 0. The maximum Gasteiger partial charge on any atom is 0.291 e. The maximum atomic E-state index is 12.0. The van der Waals surface area contributed by atoms with Gasteiger partial charge in [0, 0.05) is 0 Å². The molecule has 3 rings (SSSR count). The van der Waals surface area contributed by atoms with Crippen molar-refractivity contribution in [2.45, 2.75) is 0 Å². The Bertz CT molecular complexity index is 796. The Morgan fingerprint density at radius 1 is 1.15 bits per heavy atom. The number of benzene rings is 1. The van der Waals surface area contributed by atoms with Crippen LogP contribution in [0.15, 0.2) is 31.3 Å². The van der Waals surface area contributed by atoms with Crippen molar-refractivity contribution in [3.63, 3.8) is 0 Å². The monoisotopic (exact) mass is 347 g/mol. The van der Waals surface area contributed by atoms with E-state index in [0.29, 0.717) is 22.1 Å². The van der Waals surface area contributed by atoms with Crippen molar-refractivity contribution in [1.82, 2.24) is 0 Å². The second-order valence-electron chi connectivity index (χ2n) is 3.73. The van der Waals surface area contributed by atoms with E-state index in [1.54, 1.807) is 0 Å². The summed E-state index contributed by atoms with van der Waals surface area (Å²) in [4.78, 5) is 12.0. The van der Waals surface area contributed by atoms with E-state index in [-0.39, 0.29) is 16.0 Å². The van der Waals surface area contributed by atoms with Crippen molar-refractivity contribution >= 4 is 69.1 Å². The average molecular weight is 349 g/mol. The zero-order chi connectivity index (χ0) is 14.3. The summed E-state index contributed by atoms with van der Waals surface area (Å²) in [5, 5.41) is 3.38. The molecule has 0 atom stereocenters. The fourth-order valence-corrected chi connectivity index (χ4v) is 2.91. The van der Waals surface area contributed by atoms with Crippen molar-refractivity contribution in [3.05, 3.63) is 39.2 Å². The first kappa shape index (κ1) is 13.6. The summed E-state index contributed by atoms with van der Waals surface area (Å²) < 4.78 is 13.2. The Morgan fingerprint density at radius 3 is 2.60 bits per heavy atom. The number of amides is 1. The first-order valence-corrected chi connectivity index (χ1v) is 7.09. The first-order chi connectivity index (χ1) is 9.56. The van der Waals surface area contributed by atoms with E-state index in [1.807, 2.05) is 0 Å². The average Bonchev–Trinajstić information content (AvgIpc) is 3.02. The lowest BCUT2D eigenvalue weighted by Crippen LogP contribution is -2.11. The molecule has 1 aliphatic rings. The molecule has 0 saturated carbocycles. The Morgan fingerprint density at radius 2 is 1.90 bits per heavy atom. The maximum absolute atomic E-state index is 12.0. The molecular formula is C11H4Cl3N3O2S. The number of hydrogen-bond donors (Lipinski definition) is 1. The van der Waals surface area contributed by atoms with Crippen LogP contribution in [0.25, 0.3) is 0 Å². The van der Waals surface area contributed by atoms with Gasteiger partial charge in [0.15, 0.2) is 11.0 Å². The number of rotatable bonds is 2. The number of halogens is 3. The van der Waals surface area contributed by atoms with Gasteiger partial charge >= 0.3 is 0 Å². The van der Waals surface area contributed by atoms with E-state index in [4.69, 9.17) is 39.2 Å². The lowest BCUT2D eigenvalue weighted by atomic mass is 10.2. The van der Waals surface area contributed by atoms with Crippen LogP contribution in [0.5, 0.6) is 0 Å². The normalized spacial score (nSPS) is 12.2. The minimum absolute atomic E-state index is 0.0670. The van der Waals surface area contributed by atoms with Gasteiger partial charge in [-0.2, -0.15) is 8.73 Å². The highest BCUT2D eigenvalue weighted by Crippen LogP contribution is 2.47. The molecule has 1 amide bonds. The van der Waals surface area contributed by atoms with Crippen molar-refractivity contribution in [3.8, 4) is 0 Å². The van der Waals surface area contributed by atoms with Crippen molar-refractivity contribution in [1.29, 1.82) is 0 Å². The fourth-order valence-electron chi connectivity index (χ4n) is 1.60. The number of furan rings is 1. The van der Waals surface area contributed by atoms with Crippen LogP contribution in [-0.4, -0.2) is 5.91 Å². The molecule has 1 aromatic carbocycles. The number of carbonyl (C=O) groups excluding carboxylic acids is 1. The minimum Gasteiger partial charge on any atom is -0.440 e. The molecule has 0 saturated heterocycles. The standard InChI is InChI=1S/C11H4Cl3N3O2S/c12-4-3-5(13)9-10(17-20-16-9)8(4)15-11(18)6-1-2-7(14)19-6/h1-3H,(H,15,18). The lowest BCUT2D eigenvalue weighted by Gasteiger charge is -2.09. The van der Waals surface area contributed by atoms with Crippen LogP contribution in [0.2, 0.25) is 15.3 Å². The fraction of sp³-hybridized carbons (Fsp3) is 0. The van der Waals surface area contributed by atoms with E-state index in [9.17, 15) is 4.79 Å². The van der Waals surface area contributed by atoms with Crippen LogP contribution in [0.1, 0.15) is 10.6 Å². The summed E-state index contributed by atoms with van der Waals surface area (Å²) in [5.74, 6) is -0.423. The summed E-state index contributed by atoms with van der Waals surface area (Å²) in [6.07, 6.45) is 0. The molecule has 0 unspecified atom stereocenters. The molecule has 102 valence electrons. The largest absolute Gasteiger partial charge is 0.440 e. The first-order valence-electron chi connectivity index (χ1n) is 5.23. The van der Waals surface area contributed by atoms with Gasteiger partial charge in [-0.15, -0.1) is 0 Å². The zero-order valence-corrected chi connectivity index (χ0v) is 12.6. The quantitative estimate of drug-likeness (QED) is 0.690. The molecule has 0 fully saturated rings. The van der Waals surface area contributed by atoms with Crippen LogP contribution in [0, 0.1) is 0 Å². The van der Waals surface area contributed by atoms with E-state index in [0.717, 1.165) is 11.4 Å². The molecular weight excluding hydrogens is 345 g/mol. The van der Waals surface area contributed by atoms with Gasteiger partial charge in [-0.1, -0.05) is 23.2 Å². The second kappa shape index (κ2) is 5.21. The third kappa shape index (κ3) is 2.35. The van der Waals surface area contributed by atoms with E-state index in [2.05, 4.69) is 14.0 Å². The highest BCUT2D eigenvalue weighted by atomic mass is 35.5. The van der Waals surface area contributed by atoms with Gasteiger partial charge in [-0.3, -0.25) is 4.79 Å². The predicted molar refractivity (Wildman–Crippen MR) is 79.7 cm³/mol. The topological polar surface area (TPSA) is 67.0 Å². The third-order valence-corrected chi connectivity index (χ3v) is 3.80. The summed E-state index contributed by atoms with van der Waals surface area (Å²) in [7, 11) is 0. The van der Waals surface area contributed by atoms with Crippen LogP contribution < -0.4 is 5.32 Å². The molecule has 0 radical (unpaired) electrons. The van der Waals surface area contributed by atoms with E-state index < -0.39 is 5.91 Å². The summed E-state index contributed by atoms with van der Waals surface area (Å²) in [6, 6.07) is 4.43. The molecule has 2 aromatic rings. The van der Waals surface area contributed by atoms with Gasteiger partial charge < -0.3 is 9.73 Å². The second-order valence-corrected chi connectivity index (χ2v) is 5.45. The zero-order valence-electron chi connectivity index (χ0n) is 9.49. The molecule has 0 aliphatic carbocycles. The predicted octanol–water partition coefficient (Wildman–Crippen LogP) is 5.22. The molecule has 0 bridgehead atoms. The molecule has 20 heavy (non-hydrogen) atoms. The van der Waals surface area contributed by atoms with Gasteiger partial charge in [0.05, 0.1) is 27.1 Å². The van der Waals surface area contributed by atoms with Crippen LogP contribution in [0.4, 0.5) is 17.1 Å². The van der Waals surface area contributed by atoms with Gasteiger partial charge in [0.25, 0.3) is 5.91 Å². The molecule has 5 nitrogen and oxygen atoms in total. The van der Waals surface area contributed by atoms with Gasteiger partial charge in [0.1, 0.15) is 11.4 Å². The van der Waals surface area contributed by atoms with Crippen molar-refractivity contribution in [2.24, 2.45) is 8.73 Å². The molecule has 1 N–H and O–H groups in total. The molecule has 9 heteroatoms. The molecule has 1 aromatic heterocycles. The van der Waals surface area contributed by atoms with E-state index >= 15 is 0 Å². The number of carbonyl (C=O) groups is 1. The van der Waals surface area contributed by atoms with Gasteiger partial charge in [-0.25, -0.2) is 0 Å². The number of anilines is 1. The number of fused-ring (bicyclic) bond motifs is 1. The van der Waals surface area contributed by atoms with Crippen LogP contribution in [-0.2, 0) is 11.4 Å². The van der Waals surface area contributed by atoms with Crippen molar-refractivity contribution < 1.29 is 9.21 Å². The SMILES string of the molecule is O=C(Nc1c(Cl)cc(Cl)c2c1N=S=N2)c1ccc(Cl)o1. The Hall–Kier alpha value is -1.34. The Kier molecular flexibility index (Phi) is 3.55. The van der Waals surface area contributed by atoms with Crippen LogP contribution >= 0.6 is 34.8 Å².